The number of likely N-dealkylation sites (tertiary alicyclic amines) is 1. The first-order valence-corrected chi connectivity index (χ1v) is 6.76. The molecule has 1 amide bonds. The Kier molecular flexibility index (Phi) is 4.21. The van der Waals surface area contributed by atoms with E-state index in [1.54, 1.807) is 4.68 Å². The van der Waals surface area contributed by atoms with Crippen molar-refractivity contribution in [3.8, 4) is 0 Å². The van der Waals surface area contributed by atoms with Gasteiger partial charge in [0, 0.05) is 30.8 Å². The number of carbonyl (C=O) groups is 1. The van der Waals surface area contributed by atoms with E-state index in [-0.39, 0.29) is 23.9 Å². The molecule has 106 valence electrons. The van der Waals surface area contributed by atoms with Gasteiger partial charge in [-0.1, -0.05) is 0 Å². The number of aryl methyl sites for hydroxylation is 1. The van der Waals surface area contributed by atoms with Gasteiger partial charge in [-0.2, -0.15) is 5.10 Å². The van der Waals surface area contributed by atoms with Gasteiger partial charge in [0.2, 0.25) is 5.91 Å². The van der Waals surface area contributed by atoms with Crippen molar-refractivity contribution in [1.29, 1.82) is 0 Å². The first kappa shape index (κ1) is 14.0. The summed E-state index contributed by atoms with van der Waals surface area (Å²) in [5.74, 6) is -0.169. The van der Waals surface area contributed by atoms with Gasteiger partial charge >= 0.3 is 0 Å². The Balaban J connectivity index is 2.07. The summed E-state index contributed by atoms with van der Waals surface area (Å²) < 4.78 is 1.79. The molecule has 1 aromatic rings. The molecule has 1 saturated heterocycles. The first-order chi connectivity index (χ1) is 8.99. The molecule has 6 heteroatoms. The summed E-state index contributed by atoms with van der Waals surface area (Å²) in [5, 5.41) is 4.22. The molecular formula is C13H23N5O. The lowest BCUT2D eigenvalue weighted by Crippen LogP contribution is -2.45. The maximum Gasteiger partial charge on any atom is 0.220 e. The Labute approximate surface area is 113 Å². The number of hydrogen-bond donors (Lipinski definition) is 2. The summed E-state index contributed by atoms with van der Waals surface area (Å²) in [7, 11) is 1.90. The van der Waals surface area contributed by atoms with Crippen molar-refractivity contribution in [3.63, 3.8) is 0 Å². The molecule has 0 bridgehead atoms. The lowest BCUT2D eigenvalue weighted by molar-refractivity contribution is -0.123. The van der Waals surface area contributed by atoms with Crippen molar-refractivity contribution >= 4 is 5.91 Å². The van der Waals surface area contributed by atoms with Gasteiger partial charge in [0.1, 0.15) is 0 Å². The summed E-state index contributed by atoms with van der Waals surface area (Å²) >= 11 is 0. The summed E-state index contributed by atoms with van der Waals surface area (Å²) in [6.45, 7) is 3.72. The van der Waals surface area contributed by atoms with Gasteiger partial charge in [-0.05, 0) is 32.9 Å². The van der Waals surface area contributed by atoms with Crippen LogP contribution in [0.25, 0.3) is 0 Å². The van der Waals surface area contributed by atoms with E-state index in [9.17, 15) is 4.79 Å². The Morgan fingerprint density at radius 1 is 1.47 bits per heavy atom. The third-order valence-corrected chi connectivity index (χ3v) is 3.89. The van der Waals surface area contributed by atoms with E-state index in [0.29, 0.717) is 0 Å². The average Bonchev–Trinajstić information content (AvgIpc) is 2.76. The number of nitrogens with two attached hydrogens (primary N) is 2. The van der Waals surface area contributed by atoms with E-state index in [4.69, 9.17) is 11.5 Å². The van der Waals surface area contributed by atoms with Crippen LogP contribution < -0.4 is 11.5 Å². The van der Waals surface area contributed by atoms with E-state index >= 15 is 0 Å². The smallest absolute Gasteiger partial charge is 0.220 e. The second-order valence-electron chi connectivity index (χ2n) is 5.46. The van der Waals surface area contributed by atoms with Crippen molar-refractivity contribution in [1.82, 2.24) is 14.7 Å². The molecule has 1 aromatic heterocycles. The van der Waals surface area contributed by atoms with Gasteiger partial charge in [0.15, 0.2) is 0 Å². The van der Waals surface area contributed by atoms with Gasteiger partial charge < -0.3 is 11.5 Å². The minimum absolute atomic E-state index is 0.0129. The van der Waals surface area contributed by atoms with Crippen LogP contribution in [0.1, 0.15) is 31.4 Å². The number of aromatic nitrogens is 2. The lowest BCUT2D eigenvalue weighted by atomic mass is 9.92. The molecule has 0 aliphatic carbocycles. The fraction of sp³-hybridized carbons (Fsp3) is 0.692. The van der Waals surface area contributed by atoms with Gasteiger partial charge in [0.05, 0.1) is 12.2 Å². The predicted octanol–water partition coefficient (Wildman–Crippen LogP) is 0.00570. The van der Waals surface area contributed by atoms with Gasteiger partial charge in [-0.15, -0.1) is 0 Å². The maximum absolute atomic E-state index is 11.2. The van der Waals surface area contributed by atoms with Gasteiger partial charge in [-0.25, -0.2) is 0 Å². The molecule has 0 spiro atoms. The molecule has 2 atom stereocenters. The monoisotopic (exact) mass is 265 g/mol. The third kappa shape index (κ3) is 3.13. The second kappa shape index (κ2) is 5.71. The van der Waals surface area contributed by atoms with Gasteiger partial charge in [-0.3, -0.25) is 14.4 Å². The SMILES string of the molecule is CC(N)C(c1cnn(C)c1)N1CCC(C(N)=O)CC1. The van der Waals surface area contributed by atoms with Crippen LogP contribution in [-0.2, 0) is 11.8 Å². The lowest BCUT2D eigenvalue weighted by Gasteiger charge is -2.38. The molecule has 1 fully saturated rings. The van der Waals surface area contributed by atoms with Crippen LogP contribution in [0.2, 0.25) is 0 Å². The van der Waals surface area contributed by atoms with Crippen LogP contribution in [0.4, 0.5) is 0 Å². The normalized spacial score (nSPS) is 21.2. The standard InChI is InChI=1S/C13H23N5O/c1-9(14)12(11-7-16-17(2)8-11)18-5-3-10(4-6-18)13(15)19/h7-10,12H,3-6,14H2,1-2H3,(H2,15,19). The number of piperidine rings is 1. The molecule has 1 aliphatic rings. The molecular weight excluding hydrogens is 242 g/mol. The zero-order valence-corrected chi connectivity index (χ0v) is 11.6. The Hall–Kier alpha value is -1.40. The van der Waals surface area contributed by atoms with Crippen LogP contribution in [0.15, 0.2) is 12.4 Å². The summed E-state index contributed by atoms with van der Waals surface area (Å²) in [4.78, 5) is 13.5. The van der Waals surface area contributed by atoms with E-state index in [1.807, 2.05) is 26.4 Å². The largest absolute Gasteiger partial charge is 0.369 e. The molecule has 4 N–H and O–H groups in total. The summed E-state index contributed by atoms with van der Waals surface area (Å²) in [6, 6.07) is 0.178. The highest BCUT2D eigenvalue weighted by Gasteiger charge is 2.30. The number of primary amides is 1. The molecule has 0 radical (unpaired) electrons. The van der Waals surface area contributed by atoms with Crippen molar-refractivity contribution in [3.05, 3.63) is 18.0 Å². The predicted molar refractivity (Wildman–Crippen MR) is 73.1 cm³/mol. The average molecular weight is 265 g/mol. The molecule has 6 nitrogen and oxygen atoms in total. The molecule has 2 unspecified atom stereocenters. The van der Waals surface area contributed by atoms with Crippen molar-refractivity contribution in [2.45, 2.75) is 31.8 Å². The summed E-state index contributed by atoms with van der Waals surface area (Å²) in [5.41, 5.74) is 12.6. The molecule has 2 heterocycles. The molecule has 0 aromatic carbocycles. The summed E-state index contributed by atoms with van der Waals surface area (Å²) in [6.07, 6.45) is 5.51. The van der Waals surface area contributed by atoms with Crippen LogP contribution in [-0.4, -0.2) is 39.7 Å². The van der Waals surface area contributed by atoms with Crippen molar-refractivity contribution in [2.75, 3.05) is 13.1 Å². The quantitative estimate of drug-likeness (QED) is 0.802. The Morgan fingerprint density at radius 2 is 2.11 bits per heavy atom. The second-order valence-corrected chi connectivity index (χ2v) is 5.46. The number of carbonyl (C=O) groups excluding carboxylic acids is 1. The number of amides is 1. The van der Waals surface area contributed by atoms with Crippen LogP contribution >= 0.6 is 0 Å². The highest BCUT2D eigenvalue weighted by molar-refractivity contribution is 5.76. The van der Waals surface area contributed by atoms with E-state index in [2.05, 4.69) is 10.00 Å². The highest BCUT2D eigenvalue weighted by atomic mass is 16.1. The minimum Gasteiger partial charge on any atom is -0.369 e. The molecule has 1 aliphatic heterocycles. The Bertz CT molecular complexity index is 434. The van der Waals surface area contributed by atoms with Crippen LogP contribution in [0.5, 0.6) is 0 Å². The van der Waals surface area contributed by atoms with E-state index in [1.165, 1.54) is 0 Å². The number of hydrogen-bond acceptors (Lipinski definition) is 4. The fourth-order valence-electron chi connectivity index (χ4n) is 2.90. The maximum atomic E-state index is 11.2. The minimum atomic E-state index is -0.182. The zero-order valence-electron chi connectivity index (χ0n) is 11.6. The van der Waals surface area contributed by atoms with Crippen LogP contribution in [0.3, 0.4) is 0 Å². The zero-order chi connectivity index (χ0) is 14.0. The molecule has 2 rings (SSSR count). The topological polar surface area (TPSA) is 90.2 Å². The molecule has 19 heavy (non-hydrogen) atoms. The highest BCUT2D eigenvalue weighted by Crippen LogP contribution is 2.28. The van der Waals surface area contributed by atoms with E-state index in [0.717, 1.165) is 31.5 Å². The van der Waals surface area contributed by atoms with Crippen molar-refractivity contribution in [2.24, 2.45) is 24.4 Å². The van der Waals surface area contributed by atoms with Crippen molar-refractivity contribution < 1.29 is 4.79 Å². The molecule has 0 saturated carbocycles. The number of nitrogens with zero attached hydrogens (tertiary/aromatic N) is 3. The van der Waals surface area contributed by atoms with Crippen LogP contribution in [0, 0.1) is 5.92 Å². The Morgan fingerprint density at radius 3 is 2.53 bits per heavy atom. The third-order valence-electron chi connectivity index (χ3n) is 3.89. The fourth-order valence-corrected chi connectivity index (χ4v) is 2.90. The number of rotatable bonds is 4. The van der Waals surface area contributed by atoms with E-state index < -0.39 is 0 Å². The first-order valence-electron chi connectivity index (χ1n) is 6.76. The van der Waals surface area contributed by atoms with Gasteiger partial charge in [0.25, 0.3) is 0 Å².